The van der Waals surface area contributed by atoms with Gasteiger partial charge in [-0.25, -0.2) is 0 Å². The molecule has 0 radical (unpaired) electrons. The molecule has 1 aliphatic rings. The number of ether oxygens (including phenoxy) is 2. The molecule has 3 nitrogen and oxygen atoms in total. The van der Waals surface area contributed by atoms with Crippen LogP contribution in [0, 0.1) is 0 Å². The number of rotatable bonds is 2. The summed E-state index contributed by atoms with van der Waals surface area (Å²) in [6, 6.07) is 0. The van der Waals surface area contributed by atoms with Crippen molar-refractivity contribution >= 4 is 0 Å². The second-order valence-corrected chi connectivity index (χ2v) is 2.21. The molecule has 3 heteroatoms. The maximum Gasteiger partial charge on any atom is 0.128 e. The Morgan fingerprint density at radius 2 is 2.20 bits per heavy atom. The van der Waals surface area contributed by atoms with Gasteiger partial charge in [0.1, 0.15) is 12.5 Å². The van der Waals surface area contributed by atoms with Crippen molar-refractivity contribution in [1.29, 1.82) is 0 Å². The fourth-order valence-corrected chi connectivity index (χ4v) is 0.943. The number of hydrogen-bond acceptors (Lipinski definition) is 3. The number of methoxy groups -OCH3 is 2. The maximum absolute atomic E-state index is 5.08. The maximum atomic E-state index is 5.08. The smallest absolute Gasteiger partial charge is 0.128 e. The Balaban J connectivity index is 2.38. The summed E-state index contributed by atoms with van der Waals surface area (Å²) in [5, 5.41) is 3.12. The molecule has 1 heterocycles. The fourth-order valence-electron chi connectivity index (χ4n) is 0.943. The molecule has 0 bridgehead atoms. The minimum Gasteiger partial charge on any atom is -0.366 e. The summed E-state index contributed by atoms with van der Waals surface area (Å²) in [5.74, 6) is 0. The van der Waals surface area contributed by atoms with Gasteiger partial charge in [-0.05, 0) is 6.08 Å². The first-order valence-electron chi connectivity index (χ1n) is 3.35. The molecule has 0 aromatic heterocycles. The van der Waals surface area contributed by atoms with E-state index in [9.17, 15) is 0 Å². The first kappa shape index (κ1) is 7.72. The van der Waals surface area contributed by atoms with Crippen molar-refractivity contribution in [3.63, 3.8) is 0 Å². The van der Waals surface area contributed by atoms with Gasteiger partial charge in [0, 0.05) is 20.6 Å². The third-order valence-electron chi connectivity index (χ3n) is 1.55. The summed E-state index contributed by atoms with van der Waals surface area (Å²) in [6.07, 6.45) is 5.07. The van der Waals surface area contributed by atoms with Gasteiger partial charge in [-0.1, -0.05) is 6.08 Å². The molecular formula is C7H13NO2. The first-order chi connectivity index (χ1) is 4.86. The minimum atomic E-state index is 0.0127. The molecule has 10 heavy (non-hydrogen) atoms. The lowest BCUT2D eigenvalue weighted by molar-refractivity contribution is 0.00530. The lowest BCUT2D eigenvalue weighted by Crippen LogP contribution is -2.41. The van der Waals surface area contributed by atoms with Crippen molar-refractivity contribution in [3.8, 4) is 0 Å². The van der Waals surface area contributed by atoms with Gasteiger partial charge < -0.3 is 9.47 Å². The molecule has 1 N–H and O–H groups in total. The van der Waals surface area contributed by atoms with E-state index in [2.05, 4.69) is 11.4 Å². The zero-order valence-electron chi connectivity index (χ0n) is 6.33. The molecule has 2 atom stereocenters. The van der Waals surface area contributed by atoms with Crippen LogP contribution in [-0.4, -0.2) is 26.7 Å². The average molecular weight is 143 g/mol. The third kappa shape index (κ3) is 1.80. The van der Waals surface area contributed by atoms with Crippen LogP contribution < -0.4 is 5.32 Å². The highest BCUT2D eigenvalue weighted by Gasteiger charge is 2.13. The van der Waals surface area contributed by atoms with Crippen molar-refractivity contribution in [2.24, 2.45) is 0 Å². The Kier molecular flexibility index (Phi) is 2.86. The van der Waals surface area contributed by atoms with Gasteiger partial charge in [-0.15, -0.1) is 0 Å². The molecule has 1 rings (SSSR count). The predicted octanol–water partition coefficient (Wildman–Crippen LogP) is 0.481. The Labute approximate surface area is 61.0 Å². The summed E-state index contributed by atoms with van der Waals surface area (Å²) in [5.41, 5.74) is 0. The van der Waals surface area contributed by atoms with E-state index in [1.54, 1.807) is 14.2 Å². The van der Waals surface area contributed by atoms with Crippen molar-refractivity contribution in [3.05, 3.63) is 12.2 Å². The highest BCUT2D eigenvalue weighted by atomic mass is 16.5. The second-order valence-electron chi connectivity index (χ2n) is 2.21. The highest BCUT2D eigenvalue weighted by molar-refractivity contribution is 4.95. The molecule has 1 aliphatic heterocycles. The SMILES string of the molecule is COC1C=CCC(OC)N1. The van der Waals surface area contributed by atoms with Crippen molar-refractivity contribution in [1.82, 2.24) is 5.32 Å². The van der Waals surface area contributed by atoms with Gasteiger partial charge in [0.05, 0.1) is 0 Å². The molecule has 0 fully saturated rings. The zero-order chi connectivity index (χ0) is 7.40. The van der Waals surface area contributed by atoms with Gasteiger partial charge in [-0.2, -0.15) is 0 Å². The summed E-state index contributed by atoms with van der Waals surface area (Å²) in [6.45, 7) is 0. The molecule has 0 amide bonds. The Hall–Kier alpha value is -0.380. The topological polar surface area (TPSA) is 30.5 Å². The van der Waals surface area contributed by atoms with Crippen LogP contribution in [-0.2, 0) is 9.47 Å². The Morgan fingerprint density at radius 3 is 2.80 bits per heavy atom. The van der Waals surface area contributed by atoms with Gasteiger partial charge in [-0.3, -0.25) is 5.32 Å². The van der Waals surface area contributed by atoms with Crippen molar-refractivity contribution < 1.29 is 9.47 Å². The van der Waals surface area contributed by atoms with E-state index in [1.807, 2.05) is 6.08 Å². The van der Waals surface area contributed by atoms with Gasteiger partial charge >= 0.3 is 0 Å². The molecule has 58 valence electrons. The first-order valence-corrected chi connectivity index (χ1v) is 3.35. The Bertz CT molecular complexity index is 125. The van der Waals surface area contributed by atoms with Gasteiger partial charge in [0.25, 0.3) is 0 Å². The zero-order valence-corrected chi connectivity index (χ0v) is 6.33. The van der Waals surface area contributed by atoms with Crippen LogP contribution in [0.3, 0.4) is 0 Å². The van der Waals surface area contributed by atoms with E-state index in [1.165, 1.54) is 0 Å². The number of hydrogen-bond donors (Lipinski definition) is 1. The van der Waals surface area contributed by atoms with Gasteiger partial charge in [0.2, 0.25) is 0 Å². The molecule has 0 saturated heterocycles. The average Bonchev–Trinajstić information content (AvgIpc) is 2.05. The normalized spacial score (nSPS) is 32.6. The van der Waals surface area contributed by atoms with Gasteiger partial charge in [0.15, 0.2) is 0 Å². The van der Waals surface area contributed by atoms with Crippen LogP contribution in [0.25, 0.3) is 0 Å². The molecule has 0 saturated carbocycles. The summed E-state index contributed by atoms with van der Waals surface area (Å²) >= 11 is 0. The summed E-state index contributed by atoms with van der Waals surface area (Å²) in [4.78, 5) is 0. The summed E-state index contributed by atoms with van der Waals surface area (Å²) in [7, 11) is 3.35. The van der Waals surface area contributed by atoms with E-state index in [-0.39, 0.29) is 12.5 Å². The monoisotopic (exact) mass is 143 g/mol. The number of nitrogens with one attached hydrogen (secondary N) is 1. The molecule has 0 aromatic carbocycles. The molecule has 0 spiro atoms. The highest BCUT2D eigenvalue weighted by Crippen LogP contribution is 2.04. The van der Waals surface area contributed by atoms with Crippen molar-refractivity contribution in [2.45, 2.75) is 18.9 Å². The van der Waals surface area contributed by atoms with E-state index >= 15 is 0 Å². The quantitative estimate of drug-likeness (QED) is 0.570. The van der Waals surface area contributed by atoms with Crippen LogP contribution in [0.15, 0.2) is 12.2 Å². The van der Waals surface area contributed by atoms with E-state index in [0.717, 1.165) is 6.42 Å². The predicted molar refractivity (Wildman–Crippen MR) is 38.5 cm³/mol. The van der Waals surface area contributed by atoms with E-state index in [4.69, 9.17) is 9.47 Å². The van der Waals surface area contributed by atoms with Crippen LogP contribution in [0.2, 0.25) is 0 Å². The van der Waals surface area contributed by atoms with Crippen LogP contribution >= 0.6 is 0 Å². The van der Waals surface area contributed by atoms with Crippen LogP contribution in [0.5, 0.6) is 0 Å². The standard InChI is InChI=1S/C7H13NO2/c1-9-6-4-3-5-7(8-6)10-2/h3-4,6-8H,5H2,1-2H3. The van der Waals surface area contributed by atoms with Crippen LogP contribution in [0.1, 0.15) is 6.42 Å². The van der Waals surface area contributed by atoms with Crippen LogP contribution in [0.4, 0.5) is 0 Å². The molecule has 0 aliphatic carbocycles. The molecule has 0 aromatic rings. The Morgan fingerprint density at radius 1 is 1.40 bits per heavy atom. The second kappa shape index (κ2) is 3.71. The minimum absolute atomic E-state index is 0.0127. The molecule has 2 unspecified atom stereocenters. The third-order valence-corrected chi connectivity index (χ3v) is 1.55. The van der Waals surface area contributed by atoms with E-state index in [0.29, 0.717) is 0 Å². The lowest BCUT2D eigenvalue weighted by Gasteiger charge is -2.24. The molecular weight excluding hydrogens is 130 g/mol. The summed E-state index contributed by atoms with van der Waals surface area (Å²) < 4.78 is 10.1. The lowest BCUT2D eigenvalue weighted by atomic mass is 10.2. The van der Waals surface area contributed by atoms with E-state index < -0.39 is 0 Å². The largest absolute Gasteiger partial charge is 0.366 e. The fraction of sp³-hybridized carbons (Fsp3) is 0.714. The van der Waals surface area contributed by atoms with Crippen molar-refractivity contribution in [2.75, 3.05) is 14.2 Å².